The van der Waals surface area contributed by atoms with Crippen LogP contribution in [0.1, 0.15) is 15.9 Å². The zero-order valence-electron chi connectivity index (χ0n) is 12.3. The number of rotatable bonds is 3. The van der Waals surface area contributed by atoms with Crippen LogP contribution in [-0.2, 0) is 0 Å². The third-order valence-corrected chi connectivity index (χ3v) is 4.91. The summed E-state index contributed by atoms with van der Waals surface area (Å²) in [4.78, 5) is 27.0. The highest BCUT2D eigenvalue weighted by Crippen LogP contribution is 2.16. The summed E-state index contributed by atoms with van der Waals surface area (Å²) in [6.07, 6.45) is 3.07. The monoisotopic (exact) mass is 375 g/mol. The standard InChI is InChI=1S/C18H11Cl2NO2S/c19-13-7-3-1-5-11(13)9-16-18(23)21-17(24-16)10-15(22)12-6-2-4-8-14(12)20/h1-10H,(H,21,23)/b16-9-,17-10-. The van der Waals surface area contributed by atoms with Gasteiger partial charge in [0.25, 0.3) is 5.56 Å². The van der Waals surface area contributed by atoms with E-state index < -0.39 is 0 Å². The molecule has 0 amide bonds. The molecule has 120 valence electrons. The van der Waals surface area contributed by atoms with Gasteiger partial charge < -0.3 is 4.98 Å². The quantitative estimate of drug-likeness (QED) is 0.714. The first-order valence-corrected chi connectivity index (χ1v) is 8.58. The molecule has 0 atom stereocenters. The molecule has 0 aliphatic rings. The number of nitrogens with one attached hydrogen (secondary N) is 1. The van der Waals surface area contributed by atoms with Crippen LogP contribution in [0.25, 0.3) is 12.2 Å². The SMILES string of the molecule is O=C(/C=c1/[nH]c(=O)/c(=C/c2ccccc2Cl)s1)c1ccccc1Cl. The Morgan fingerprint density at radius 3 is 2.38 bits per heavy atom. The molecule has 3 nitrogen and oxygen atoms in total. The van der Waals surface area contributed by atoms with Crippen molar-refractivity contribution in [2.24, 2.45) is 0 Å². The van der Waals surface area contributed by atoms with E-state index in [4.69, 9.17) is 23.2 Å². The van der Waals surface area contributed by atoms with Gasteiger partial charge in [-0.05, 0) is 29.8 Å². The summed E-state index contributed by atoms with van der Waals surface area (Å²) < 4.78 is 0.935. The second-order valence-corrected chi connectivity index (χ2v) is 6.84. The molecule has 1 N–H and O–H groups in total. The number of hydrogen-bond acceptors (Lipinski definition) is 3. The van der Waals surface area contributed by atoms with Gasteiger partial charge in [-0.2, -0.15) is 0 Å². The molecule has 0 radical (unpaired) electrons. The molecular weight excluding hydrogens is 365 g/mol. The Hall–Kier alpha value is -2.14. The number of ketones is 1. The number of H-pyrrole nitrogens is 1. The Bertz CT molecular complexity index is 1080. The zero-order valence-corrected chi connectivity index (χ0v) is 14.6. The van der Waals surface area contributed by atoms with E-state index in [0.717, 1.165) is 5.56 Å². The first kappa shape index (κ1) is 16.7. The van der Waals surface area contributed by atoms with E-state index in [1.54, 1.807) is 36.4 Å². The minimum absolute atomic E-state index is 0.262. The summed E-state index contributed by atoms with van der Waals surface area (Å²) in [5, 5.41) is 0.934. The normalized spacial score (nSPS) is 12.6. The van der Waals surface area contributed by atoms with Crippen LogP contribution in [0.5, 0.6) is 0 Å². The molecular formula is C18H11Cl2NO2S. The van der Waals surface area contributed by atoms with E-state index in [2.05, 4.69) is 4.98 Å². The molecule has 0 saturated heterocycles. The number of thiazole rings is 1. The number of aromatic nitrogens is 1. The van der Waals surface area contributed by atoms with Gasteiger partial charge in [-0.1, -0.05) is 53.5 Å². The number of halogens is 2. The lowest BCUT2D eigenvalue weighted by molar-refractivity contribution is 0.106. The maximum Gasteiger partial charge on any atom is 0.266 e. The fourth-order valence-electron chi connectivity index (χ4n) is 2.12. The molecule has 0 saturated carbocycles. The van der Waals surface area contributed by atoms with Gasteiger partial charge in [0.15, 0.2) is 5.78 Å². The summed E-state index contributed by atoms with van der Waals surface area (Å²) in [6.45, 7) is 0. The fourth-order valence-corrected chi connectivity index (χ4v) is 3.41. The molecule has 2 aromatic carbocycles. The van der Waals surface area contributed by atoms with Crippen LogP contribution < -0.4 is 14.8 Å². The van der Waals surface area contributed by atoms with Crippen LogP contribution in [0, 0.1) is 0 Å². The number of carbonyl (C=O) groups excluding carboxylic acids is 1. The van der Waals surface area contributed by atoms with Crippen LogP contribution in [0.15, 0.2) is 53.3 Å². The fraction of sp³-hybridized carbons (Fsp3) is 0. The van der Waals surface area contributed by atoms with Crippen LogP contribution in [0.2, 0.25) is 10.0 Å². The molecule has 0 fully saturated rings. The van der Waals surface area contributed by atoms with Crippen molar-refractivity contribution in [3.8, 4) is 0 Å². The van der Waals surface area contributed by atoms with Gasteiger partial charge in [0.05, 0.1) is 14.2 Å². The lowest BCUT2D eigenvalue weighted by Gasteiger charge is -1.97. The maximum absolute atomic E-state index is 12.3. The summed E-state index contributed by atoms with van der Waals surface area (Å²) in [6, 6.07) is 14.0. The third-order valence-electron chi connectivity index (χ3n) is 3.27. The Balaban J connectivity index is 2.04. The summed E-state index contributed by atoms with van der Waals surface area (Å²) in [5.41, 5.74) is 0.874. The van der Waals surface area contributed by atoms with E-state index in [1.807, 2.05) is 18.2 Å². The Kier molecular flexibility index (Phi) is 5.00. The molecule has 6 heteroatoms. The summed E-state index contributed by atoms with van der Waals surface area (Å²) in [7, 11) is 0. The first-order valence-electron chi connectivity index (χ1n) is 7.00. The highest BCUT2D eigenvalue weighted by Gasteiger charge is 2.07. The van der Waals surface area contributed by atoms with Crippen molar-refractivity contribution in [3.63, 3.8) is 0 Å². The van der Waals surface area contributed by atoms with Crippen LogP contribution in [-0.4, -0.2) is 10.8 Å². The van der Waals surface area contributed by atoms with Gasteiger partial charge in [0.1, 0.15) is 0 Å². The van der Waals surface area contributed by atoms with E-state index in [9.17, 15) is 9.59 Å². The predicted octanol–water partition coefficient (Wildman–Crippen LogP) is 3.24. The van der Waals surface area contributed by atoms with E-state index in [1.165, 1.54) is 17.4 Å². The zero-order chi connectivity index (χ0) is 17.1. The number of Topliss-reactive ketones (excluding diaryl/α,β-unsaturated/α-hetero) is 1. The second-order valence-electron chi connectivity index (χ2n) is 4.94. The molecule has 0 aliphatic carbocycles. The topological polar surface area (TPSA) is 49.9 Å². The molecule has 0 spiro atoms. The predicted molar refractivity (Wildman–Crippen MR) is 99.5 cm³/mol. The van der Waals surface area contributed by atoms with Gasteiger partial charge in [-0.3, -0.25) is 9.59 Å². The molecule has 24 heavy (non-hydrogen) atoms. The van der Waals surface area contributed by atoms with Crippen molar-refractivity contribution in [2.45, 2.75) is 0 Å². The van der Waals surface area contributed by atoms with E-state index in [0.29, 0.717) is 24.8 Å². The minimum atomic E-state index is -0.266. The van der Waals surface area contributed by atoms with Crippen molar-refractivity contribution in [1.82, 2.24) is 4.98 Å². The van der Waals surface area contributed by atoms with Crippen molar-refractivity contribution < 1.29 is 4.79 Å². The van der Waals surface area contributed by atoms with E-state index >= 15 is 0 Å². The molecule has 0 aliphatic heterocycles. The molecule has 3 rings (SSSR count). The Labute approximate surface area is 151 Å². The molecule has 1 heterocycles. The highest BCUT2D eigenvalue weighted by molar-refractivity contribution is 7.07. The number of aromatic amines is 1. The van der Waals surface area contributed by atoms with Gasteiger partial charge in [0.2, 0.25) is 0 Å². The third kappa shape index (κ3) is 3.67. The number of hydrogen-bond donors (Lipinski definition) is 1. The largest absolute Gasteiger partial charge is 0.313 e. The summed E-state index contributed by atoms with van der Waals surface area (Å²) >= 11 is 13.3. The average molecular weight is 376 g/mol. The lowest BCUT2D eigenvalue weighted by atomic mass is 10.1. The lowest BCUT2D eigenvalue weighted by Crippen LogP contribution is -2.20. The molecule has 0 unspecified atom stereocenters. The Morgan fingerprint density at radius 1 is 1.00 bits per heavy atom. The molecule has 3 aromatic rings. The van der Waals surface area contributed by atoms with Gasteiger partial charge in [-0.25, -0.2) is 0 Å². The van der Waals surface area contributed by atoms with Crippen LogP contribution >= 0.6 is 34.5 Å². The van der Waals surface area contributed by atoms with Crippen molar-refractivity contribution in [3.05, 3.63) is 89.3 Å². The first-order chi connectivity index (χ1) is 11.5. The van der Waals surface area contributed by atoms with Crippen LogP contribution in [0.4, 0.5) is 0 Å². The van der Waals surface area contributed by atoms with Gasteiger partial charge in [0, 0.05) is 16.7 Å². The number of carbonyl (C=O) groups is 1. The van der Waals surface area contributed by atoms with E-state index in [-0.39, 0.29) is 11.3 Å². The van der Waals surface area contributed by atoms with Crippen molar-refractivity contribution in [1.29, 1.82) is 0 Å². The summed E-state index contributed by atoms with van der Waals surface area (Å²) in [5.74, 6) is -0.262. The molecule has 0 bridgehead atoms. The van der Waals surface area contributed by atoms with Crippen molar-refractivity contribution in [2.75, 3.05) is 0 Å². The molecule has 1 aromatic heterocycles. The maximum atomic E-state index is 12.3. The van der Waals surface area contributed by atoms with Gasteiger partial charge in [-0.15, -0.1) is 11.3 Å². The Morgan fingerprint density at radius 2 is 1.67 bits per heavy atom. The number of benzene rings is 2. The van der Waals surface area contributed by atoms with Gasteiger partial charge >= 0.3 is 0 Å². The van der Waals surface area contributed by atoms with Crippen LogP contribution in [0.3, 0.4) is 0 Å². The van der Waals surface area contributed by atoms with Crippen molar-refractivity contribution >= 4 is 52.5 Å². The average Bonchev–Trinajstić information content (AvgIpc) is 2.89. The second kappa shape index (κ2) is 7.18. The smallest absolute Gasteiger partial charge is 0.266 e. The minimum Gasteiger partial charge on any atom is -0.313 e. The highest BCUT2D eigenvalue weighted by atomic mass is 35.5.